The van der Waals surface area contributed by atoms with Crippen LogP contribution in [-0.2, 0) is 0 Å². The Hall–Kier alpha value is -0.930. The minimum Gasteiger partial charge on any atom is -0.492 e. The molecule has 2 aliphatic carbocycles. The van der Waals surface area contributed by atoms with Crippen LogP contribution < -0.4 is 10.1 Å². The van der Waals surface area contributed by atoms with Crippen molar-refractivity contribution in [2.24, 2.45) is 11.3 Å². The molecule has 132 valence electrons. The quantitative estimate of drug-likeness (QED) is 0.712. The standard InChI is InChI=1S/C19H25Cl2NO2/c20-9-10-24-15-5-6-17(21)16(11-15)18(23)22-13-19-7-1-3-14(12-19)4-2-8-19/h5-6,11,14H,1-4,7-10,12-13H2,(H,22,23). The largest absolute Gasteiger partial charge is 0.492 e. The van der Waals surface area contributed by atoms with Gasteiger partial charge in [-0.3, -0.25) is 4.79 Å². The summed E-state index contributed by atoms with van der Waals surface area (Å²) in [5.74, 6) is 1.78. The molecule has 0 aromatic heterocycles. The maximum absolute atomic E-state index is 12.6. The highest BCUT2D eigenvalue weighted by Crippen LogP contribution is 2.48. The molecule has 0 atom stereocenters. The van der Waals surface area contributed by atoms with Gasteiger partial charge in [0.1, 0.15) is 12.4 Å². The van der Waals surface area contributed by atoms with Gasteiger partial charge in [0, 0.05) is 6.54 Å². The fourth-order valence-corrected chi connectivity index (χ4v) is 4.64. The lowest BCUT2D eigenvalue weighted by Gasteiger charge is -2.45. The number of hydrogen-bond donors (Lipinski definition) is 1. The Labute approximate surface area is 154 Å². The van der Waals surface area contributed by atoms with E-state index in [1.165, 1.54) is 44.9 Å². The Morgan fingerprint density at radius 3 is 2.75 bits per heavy atom. The van der Waals surface area contributed by atoms with E-state index in [1.807, 2.05) is 0 Å². The van der Waals surface area contributed by atoms with Crippen molar-refractivity contribution in [1.82, 2.24) is 5.32 Å². The van der Waals surface area contributed by atoms with Crippen molar-refractivity contribution in [3.63, 3.8) is 0 Å². The number of nitrogens with one attached hydrogen (secondary N) is 1. The summed E-state index contributed by atoms with van der Waals surface area (Å²) in [6.45, 7) is 1.17. The van der Waals surface area contributed by atoms with E-state index in [4.69, 9.17) is 27.9 Å². The van der Waals surface area contributed by atoms with Crippen LogP contribution >= 0.6 is 23.2 Å². The molecule has 0 unspecified atom stereocenters. The first-order chi connectivity index (χ1) is 11.6. The number of alkyl halides is 1. The summed E-state index contributed by atoms with van der Waals surface area (Å²) >= 11 is 11.8. The predicted molar refractivity (Wildman–Crippen MR) is 98.2 cm³/mol. The Morgan fingerprint density at radius 2 is 2.04 bits per heavy atom. The Balaban J connectivity index is 1.64. The first kappa shape index (κ1) is 17.9. The number of rotatable bonds is 6. The monoisotopic (exact) mass is 369 g/mol. The SMILES string of the molecule is O=C(NCC12CCCC(CCC1)C2)c1cc(OCCCl)ccc1Cl. The van der Waals surface area contributed by atoms with E-state index in [0.717, 1.165) is 12.5 Å². The summed E-state index contributed by atoms with van der Waals surface area (Å²) in [4.78, 5) is 12.6. The molecule has 2 fully saturated rings. The van der Waals surface area contributed by atoms with Crippen molar-refractivity contribution < 1.29 is 9.53 Å². The molecule has 5 heteroatoms. The third-order valence-electron chi connectivity index (χ3n) is 5.51. The van der Waals surface area contributed by atoms with Crippen LogP contribution in [0.15, 0.2) is 18.2 Å². The van der Waals surface area contributed by atoms with Gasteiger partial charge in [0.25, 0.3) is 5.91 Å². The average molecular weight is 370 g/mol. The van der Waals surface area contributed by atoms with Gasteiger partial charge in [-0.2, -0.15) is 0 Å². The van der Waals surface area contributed by atoms with Crippen molar-refractivity contribution in [1.29, 1.82) is 0 Å². The number of benzene rings is 1. The van der Waals surface area contributed by atoms with Gasteiger partial charge in [-0.25, -0.2) is 0 Å². The van der Waals surface area contributed by atoms with Crippen LogP contribution in [0.3, 0.4) is 0 Å². The fourth-order valence-electron chi connectivity index (χ4n) is 4.36. The predicted octanol–water partition coefficient (Wildman–Crippen LogP) is 5.05. The molecule has 1 aromatic rings. The lowest BCUT2D eigenvalue weighted by Crippen LogP contribution is -2.43. The average Bonchev–Trinajstić information content (AvgIpc) is 2.59. The highest BCUT2D eigenvalue weighted by Gasteiger charge is 2.39. The topological polar surface area (TPSA) is 38.3 Å². The summed E-state index contributed by atoms with van der Waals surface area (Å²) in [5, 5.41) is 3.59. The number of amides is 1. The number of ether oxygens (including phenoxy) is 1. The second kappa shape index (κ2) is 7.97. The van der Waals surface area contributed by atoms with Crippen molar-refractivity contribution >= 4 is 29.1 Å². The molecule has 0 spiro atoms. The molecule has 0 radical (unpaired) electrons. The summed E-state index contributed by atoms with van der Waals surface area (Å²) in [6.07, 6.45) is 9.04. The molecule has 24 heavy (non-hydrogen) atoms. The molecule has 3 nitrogen and oxygen atoms in total. The van der Waals surface area contributed by atoms with Gasteiger partial charge >= 0.3 is 0 Å². The third kappa shape index (κ3) is 4.18. The second-order valence-corrected chi connectivity index (χ2v) is 8.00. The highest BCUT2D eigenvalue weighted by atomic mass is 35.5. The van der Waals surface area contributed by atoms with Crippen LogP contribution in [0.4, 0.5) is 0 Å². The van der Waals surface area contributed by atoms with Crippen LogP contribution in [0.1, 0.15) is 55.3 Å². The van der Waals surface area contributed by atoms with E-state index in [2.05, 4.69) is 5.32 Å². The minimum atomic E-state index is -0.113. The van der Waals surface area contributed by atoms with E-state index in [-0.39, 0.29) is 5.91 Å². The molecule has 2 aliphatic rings. The van der Waals surface area contributed by atoms with E-state index in [9.17, 15) is 4.79 Å². The van der Waals surface area contributed by atoms with Gasteiger partial charge < -0.3 is 10.1 Å². The second-order valence-electron chi connectivity index (χ2n) is 7.22. The van der Waals surface area contributed by atoms with Crippen LogP contribution in [0.5, 0.6) is 5.75 Å². The molecule has 1 amide bonds. The summed E-state index contributed by atoms with van der Waals surface area (Å²) in [5.41, 5.74) is 0.777. The maximum atomic E-state index is 12.6. The molecule has 0 saturated heterocycles. The normalized spacial score (nSPS) is 26.0. The van der Waals surface area contributed by atoms with Crippen LogP contribution in [-0.4, -0.2) is 24.9 Å². The fraction of sp³-hybridized carbons (Fsp3) is 0.632. The van der Waals surface area contributed by atoms with Gasteiger partial charge in [0.05, 0.1) is 16.5 Å². The molecule has 1 aromatic carbocycles. The maximum Gasteiger partial charge on any atom is 0.252 e. The zero-order chi connectivity index (χ0) is 17.0. The van der Waals surface area contributed by atoms with E-state index < -0.39 is 0 Å². The molecular weight excluding hydrogens is 345 g/mol. The van der Waals surface area contributed by atoms with E-state index in [0.29, 0.717) is 34.2 Å². The lowest BCUT2D eigenvalue weighted by molar-refractivity contribution is 0.0681. The first-order valence-corrected chi connectivity index (χ1v) is 9.80. The number of hydrogen-bond acceptors (Lipinski definition) is 2. The number of fused-ring (bicyclic) bond motifs is 2. The molecule has 2 bridgehead atoms. The van der Waals surface area contributed by atoms with Crippen LogP contribution in [0.25, 0.3) is 0 Å². The molecule has 0 heterocycles. The van der Waals surface area contributed by atoms with Crippen LogP contribution in [0.2, 0.25) is 5.02 Å². The lowest BCUT2D eigenvalue weighted by atomic mass is 9.62. The smallest absolute Gasteiger partial charge is 0.252 e. The minimum absolute atomic E-state index is 0.113. The number of halogens is 2. The van der Waals surface area contributed by atoms with E-state index in [1.54, 1.807) is 18.2 Å². The van der Waals surface area contributed by atoms with Gasteiger partial charge in [-0.05, 0) is 48.8 Å². The third-order valence-corrected chi connectivity index (χ3v) is 6.00. The van der Waals surface area contributed by atoms with Gasteiger partial charge in [0.15, 0.2) is 0 Å². The Bertz CT molecular complexity index is 581. The summed E-state index contributed by atoms with van der Waals surface area (Å²) in [7, 11) is 0. The van der Waals surface area contributed by atoms with Crippen molar-refractivity contribution in [2.75, 3.05) is 19.0 Å². The van der Waals surface area contributed by atoms with Crippen molar-refractivity contribution in [3.8, 4) is 5.75 Å². The van der Waals surface area contributed by atoms with Gasteiger partial charge in [-0.1, -0.05) is 37.3 Å². The molecule has 0 aliphatic heterocycles. The number of carbonyl (C=O) groups excluding carboxylic acids is 1. The van der Waals surface area contributed by atoms with E-state index >= 15 is 0 Å². The molecule has 2 saturated carbocycles. The van der Waals surface area contributed by atoms with Gasteiger partial charge in [-0.15, -0.1) is 11.6 Å². The molecule has 1 N–H and O–H groups in total. The zero-order valence-corrected chi connectivity index (χ0v) is 15.5. The van der Waals surface area contributed by atoms with Crippen molar-refractivity contribution in [3.05, 3.63) is 28.8 Å². The molecule has 3 rings (SSSR count). The Kier molecular flexibility index (Phi) is 5.93. The van der Waals surface area contributed by atoms with Gasteiger partial charge in [0.2, 0.25) is 0 Å². The first-order valence-electron chi connectivity index (χ1n) is 8.88. The van der Waals surface area contributed by atoms with Crippen LogP contribution in [0, 0.1) is 11.3 Å². The molecular formula is C19H25Cl2NO2. The van der Waals surface area contributed by atoms with Crippen molar-refractivity contribution in [2.45, 2.75) is 44.9 Å². The summed E-state index contributed by atoms with van der Waals surface area (Å²) in [6, 6.07) is 5.17. The zero-order valence-electron chi connectivity index (χ0n) is 14.0. The Morgan fingerprint density at radius 1 is 1.29 bits per heavy atom. The number of carbonyl (C=O) groups is 1. The summed E-state index contributed by atoms with van der Waals surface area (Å²) < 4.78 is 5.49. The highest BCUT2D eigenvalue weighted by molar-refractivity contribution is 6.33.